The van der Waals surface area contributed by atoms with Gasteiger partial charge in [0.2, 0.25) is 0 Å². The Hall–Kier alpha value is -3.34. The van der Waals surface area contributed by atoms with Crippen LogP contribution in [0, 0.1) is 11.8 Å². The molecular weight excluding hydrogens is 390 g/mol. The molecule has 1 aromatic carbocycles. The first-order valence-corrected chi connectivity index (χ1v) is 10.5. The molecule has 0 saturated heterocycles. The third kappa shape index (κ3) is 6.85. The zero-order valence-corrected chi connectivity index (χ0v) is 18.6. The fraction of sp³-hybridized carbons (Fsp3) is 0.308. The summed E-state index contributed by atoms with van der Waals surface area (Å²) in [6.07, 6.45) is 12.3. The average molecular weight is 422 g/mol. The number of nitrogens with one attached hydrogen (secondary N) is 1. The number of rotatable bonds is 9. The number of allylic oxidation sites excluding steroid dienone is 6. The van der Waals surface area contributed by atoms with E-state index in [1.165, 1.54) is 24.4 Å². The largest absolute Gasteiger partial charge is 0.508 e. The normalized spacial score (nSPS) is 14.3. The minimum Gasteiger partial charge on any atom is -0.508 e. The van der Waals surface area contributed by atoms with Gasteiger partial charge in [-0.3, -0.25) is 9.59 Å². The van der Waals surface area contributed by atoms with Crippen LogP contribution in [0.5, 0.6) is 11.5 Å². The maximum atomic E-state index is 12.5. The highest BCUT2D eigenvalue weighted by Gasteiger charge is 2.18. The van der Waals surface area contributed by atoms with E-state index in [4.69, 9.17) is 0 Å². The molecule has 31 heavy (non-hydrogen) atoms. The minimum absolute atomic E-state index is 0.0808. The van der Waals surface area contributed by atoms with E-state index in [2.05, 4.69) is 31.8 Å². The van der Waals surface area contributed by atoms with E-state index in [0.717, 1.165) is 18.4 Å². The Labute approximate surface area is 183 Å². The molecule has 2 unspecified atom stereocenters. The molecule has 5 nitrogen and oxygen atoms in total. The van der Waals surface area contributed by atoms with Crippen LogP contribution in [0.2, 0.25) is 0 Å². The van der Waals surface area contributed by atoms with Crippen LogP contribution in [0.25, 0.3) is 11.1 Å². The van der Waals surface area contributed by atoms with Gasteiger partial charge in [0.15, 0.2) is 5.78 Å². The fourth-order valence-electron chi connectivity index (χ4n) is 3.42. The van der Waals surface area contributed by atoms with Gasteiger partial charge in [-0.25, -0.2) is 0 Å². The number of carbonyl (C=O) groups excluding carboxylic acids is 1. The van der Waals surface area contributed by atoms with E-state index in [0.29, 0.717) is 23.0 Å². The van der Waals surface area contributed by atoms with Crippen molar-refractivity contribution in [2.24, 2.45) is 11.8 Å². The molecule has 0 amide bonds. The summed E-state index contributed by atoms with van der Waals surface area (Å²) in [5.74, 6) is 0.267. The van der Waals surface area contributed by atoms with Gasteiger partial charge in [-0.2, -0.15) is 0 Å². The van der Waals surface area contributed by atoms with E-state index in [9.17, 15) is 19.8 Å². The Kier molecular flexibility index (Phi) is 8.62. The van der Waals surface area contributed by atoms with Gasteiger partial charge in [0, 0.05) is 11.8 Å². The second kappa shape index (κ2) is 11.2. The van der Waals surface area contributed by atoms with Crippen LogP contribution < -0.4 is 5.56 Å². The molecule has 0 spiro atoms. The number of ketones is 1. The molecule has 0 radical (unpaired) electrons. The van der Waals surface area contributed by atoms with E-state index in [-0.39, 0.29) is 17.1 Å². The number of H-pyrrole nitrogens is 1. The van der Waals surface area contributed by atoms with E-state index in [1.807, 2.05) is 13.0 Å². The van der Waals surface area contributed by atoms with Crippen molar-refractivity contribution < 1.29 is 15.0 Å². The second-order valence-electron chi connectivity index (χ2n) is 8.02. The van der Waals surface area contributed by atoms with Gasteiger partial charge in [0.1, 0.15) is 17.1 Å². The Morgan fingerprint density at radius 1 is 1.10 bits per heavy atom. The first-order valence-electron chi connectivity index (χ1n) is 10.5. The molecule has 2 rings (SSSR count). The molecule has 164 valence electrons. The van der Waals surface area contributed by atoms with Crippen LogP contribution in [0.1, 0.15) is 50.9 Å². The van der Waals surface area contributed by atoms with Crippen LogP contribution in [0.4, 0.5) is 0 Å². The molecule has 1 aromatic heterocycles. The molecule has 1 heterocycles. The highest BCUT2D eigenvalue weighted by atomic mass is 16.3. The number of aromatic amines is 1. The van der Waals surface area contributed by atoms with Crippen molar-refractivity contribution >= 4 is 5.78 Å². The Bertz CT molecular complexity index is 1040. The smallest absolute Gasteiger partial charge is 0.263 e. The summed E-state index contributed by atoms with van der Waals surface area (Å²) in [5, 5.41) is 20.0. The van der Waals surface area contributed by atoms with Gasteiger partial charge < -0.3 is 15.2 Å². The number of carbonyl (C=O) groups is 1. The number of benzene rings is 1. The molecule has 0 bridgehead atoms. The number of hydrogen-bond acceptors (Lipinski definition) is 4. The number of phenols is 1. The van der Waals surface area contributed by atoms with Gasteiger partial charge in [0.05, 0.1) is 0 Å². The number of aromatic hydroxyl groups is 2. The number of pyridine rings is 1. The molecule has 0 fully saturated rings. The van der Waals surface area contributed by atoms with Gasteiger partial charge in [-0.05, 0) is 49.0 Å². The van der Waals surface area contributed by atoms with Gasteiger partial charge in [0.25, 0.3) is 5.56 Å². The van der Waals surface area contributed by atoms with Crippen molar-refractivity contribution in [2.75, 3.05) is 0 Å². The molecule has 5 heteroatoms. The van der Waals surface area contributed by atoms with Gasteiger partial charge >= 0.3 is 0 Å². The highest BCUT2D eigenvalue weighted by molar-refractivity contribution is 6.07. The third-order valence-corrected chi connectivity index (χ3v) is 5.23. The van der Waals surface area contributed by atoms with Gasteiger partial charge in [-0.1, -0.05) is 69.2 Å². The van der Waals surface area contributed by atoms with Crippen LogP contribution in [0.15, 0.2) is 71.2 Å². The highest BCUT2D eigenvalue weighted by Crippen LogP contribution is 2.31. The average Bonchev–Trinajstić information content (AvgIpc) is 2.72. The predicted octanol–water partition coefficient (Wildman–Crippen LogP) is 5.77. The van der Waals surface area contributed by atoms with Crippen molar-refractivity contribution in [2.45, 2.75) is 40.5 Å². The molecule has 2 aromatic rings. The maximum absolute atomic E-state index is 12.5. The van der Waals surface area contributed by atoms with E-state index < -0.39 is 11.3 Å². The minimum atomic E-state index is -0.659. The second-order valence-corrected chi connectivity index (χ2v) is 8.02. The lowest BCUT2D eigenvalue weighted by atomic mass is 9.94. The number of aromatic nitrogens is 1. The first-order chi connectivity index (χ1) is 14.7. The lowest BCUT2D eigenvalue weighted by Gasteiger charge is -2.12. The lowest BCUT2D eigenvalue weighted by molar-refractivity contribution is 0.104. The van der Waals surface area contributed by atoms with Crippen LogP contribution in [0.3, 0.4) is 0 Å². The first kappa shape index (κ1) is 23.9. The van der Waals surface area contributed by atoms with Gasteiger partial charge in [-0.15, -0.1) is 0 Å². The predicted molar refractivity (Wildman–Crippen MR) is 125 cm³/mol. The maximum Gasteiger partial charge on any atom is 0.263 e. The van der Waals surface area contributed by atoms with Crippen LogP contribution in [-0.4, -0.2) is 21.0 Å². The fourth-order valence-corrected chi connectivity index (χ4v) is 3.42. The van der Waals surface area contributed by atoms with Crippen LogP contribution >= 0.6 is 0 Å². The molecule has 0 saturated carbocycles. The quantitative estimate of drug-likeness (QED) is 0.272. The molecule has 0 aliphatic rings. The zero-order valence-electron chi connectivity index (χ0n) is 18.6. The third-order valence-electron chi connectivity index (χ3n) is 5.23. The van der Waals surface area contributed by atoms with E-state index >= 15 is 0 Å². The van der Waals surface area contributed by atoms with Crippen molar-refractivity contribution in [3.05, 3.63) is 82.3 Å². The molecule has 0 aliphatic heterocycles. The van der Waals surface area contributed by atoms with Crippen molar-refractivity contribution in [1.29, 1.82) is 0 Å². The monoisotopic (exact) mass is 421 g/mol. The zero-order chi connectivity index (χ0) is 23.0. The molecular formula is C26H31NO4. The van der Waals surface area contributed by atoms with Crippen molar-refractivity contribution in [3.8, 4) is 22.6 Å². The summed E-state index contributed by atoms with van der Waals surface area (Å²) < 4.78 is 0. The summed E-state index contributed by atoms with van der Waals surface area (Å²) in [4.78, 5) is 27.2. The summed E-state index contributed by atoms with van der Waals surface area (Å²) in [5.41, 5.74) is 0.999. The molecule has 3 N–H and O–H groups in total. The molecule has 2 atom stereocenters. The van der Waals surface area contributed by atoms with Crippen molar-refractivity contribution in [3.63, 3.8) is 0 Å². The Morgan fingerprint density at radius 3 is 2.39 bits per heavy atom. The summed E-state index contributed by atoms with van der Waals surface area (Å²) in [6.45, 7) is 8.65. The SMILES string of the molecule is CCC(C)CC(C)/C=C(C)/C=C/C=C/C(=O)c1c(O)c(-c2ccc(O)cc2)c[nH]c1=O. The van der Waals surface area contributed by atoms with Crippen LogP contribution in [-0.2, 0) is 0 Å². The standard InChI is InChI=1S/C26H31NO4/c1-5-17(2)14-19(4)15-18(3)8-6-7-9-23(29)24-25(30)22(16-27-26(24)31)20-10-12-21(28)13-11-20/h6-13,15-17,19,28H,5,14H2,1-4H3,(H2,27,30,31)/b8-6+,9-7+,18-15+. The Balaban J connectivity index is 2.15. The Morgan fingerprint density at radius 2 is 1.74 bits per heavy atom. The summed E-state index contributed by atoms with van der Waals surface area (Å²) in [6, 6.07) is 6.11. The van der Waals surface area contributed by atoms with E-state index in [1.54, 1.807) is 24.3 Å². The number of phenolic OH excluding ortho intramolecular Hbond substituents is 1. The topological polar surface area (TPSA) is 90.4 Å². The lowest BCUT2D eigenvalue weighted by Crippen LogP contribution is -2.16. The number of hydrogen-bond donors (Lipinski definition) is 3. The molecule has 0 aliphatic carbocycles. The summed E-state index contributed by atoms with van der Waals surface area (Å²) in [7, 11) is 0. The summed E-state index contributed by atoms with van der Waals surface area (Å²) >= 11 is 0. The van der Waals surface area contributed by atoms with Crippen molar-refractivity contribution in [1.82, 2.24) is 4.98 Å².